The molecule has 0 radical (unpaired) electrons. The molecule has 12 heteroatoms. The van der Waals surface area contributed by atoms with E-state index in [0.717, 1.165) is 56.9 Å². The molecule has 0 bridgehead atoms. The topological polar surface area (TPSA) is 145 Å². The van der Waals surface area contributed by atoms with Crippen LogP contribution in [0, 0.1) is 5.92 Å². The van der Waals surface area contributed by atoms with E-state index in [-0.39, 0.29) is 24.3 Å². The lowest BCUT2D eigenvalue weighted by molar-refractivity contribution is -0.304. The molecule has 4 amide bonds. The standard InChI is InChI=1S/C40H66N4O8/c1-9-29(2)33(43-37(48)52-39(6,7)8)34(45)42-31(28-30-20-13-12-14-21-30)35(46)44(32-22-15-16-23-40(32)49-26-19-27-50-40)25-18-11-10-17-24-41-36(47)51-38(3,4)5/h12-14,20-21,29,31-33H,9-11,15-19,22-28H2,1-8H3,(H,41,47)(H,42,45)(H,43,48)/t29-,31-,32+,33+/m0/s1. The van der Waals surface area contributed by atoms with Crippen molar-refractivity contribution in [1.29, 1.82) is 0 Å². The van der Waals surface area contributed by atoms with Crippen LogP contribution in [0.4, 0.5) is 9.59 Å². The molecule has 1 heterocycles. The Hall–Kier alpha value is -3.38. The first-order chi connectivity index (χ1) is 24.5. The fraction of sp³-hybridized carbons (Fsp3) is 0.750. The summed E-state index contributed by atoms with van der Waals surface area (Å²) >= 11 is 0. The lowest BCUT2D eigenvalue weighted by Crippen LogP contribution is -2.64. The third-order valence-corrected chi connectivity index (χ3v) is 9.46. The van der Waals surface area contributed by atoms with Gasteiger partial charge in [0, 0.05) is 25.9 Å². The Bertz CT molecular complexity index is 1260. The Labute approximate surface area is 311 Å². The van der Waals surface area contributed by atoms with Gasteiger partial charge in [-0.05, 0) is 85.1 Å². The lowest BCUT2D eigenvalue weighted by atomic mass is 9.86. The van der Waals surface area contributed by atoms with E-state index in [4.69, 9.17) is 18.9 Å². The molecule has 12 nitrogen and oxygen atoms in total. The number of carbonyl (C=O) groups excluding carboxylic acids is 4. The molecule has 1 aliphatic carbocycles. The number of nitrogens with one attached hydrogen (secondary N) is 3. The van der Waals surface area contributed by atoms with Crippen LogP contribution < -0.4 is 16.0 Å². The van der Waals surface area contributed by atoms with Gasteiger partial charge in [-0.2, -0.15) is 0 Å². The van der Waals surface area contributed by atoms with Crippen molar-refractivity contribution in [2.24, 2.45) is 5.92 Å². The number of carbonyl (C=O) groups is 4. The Balaban J connectivity index is 1.84. The van der Waals surface area contributed by atoms with Crippen molar-refractivity contribution in [3.63, 3.8) is 0 Å². The molecular weight excluding hydrogens is 664 g/mol. The highest BCUT2D eigenvalue weighted by molar-refractivity contribution is 5.92. The molecule has 3 N–H and O–H groups in total. The van der Waals surface area contributed by atoms with Crippen molar-refractivity contribution in [3.8, 4) is 0 Å². The maximum Gasteiger partial charge on any atom is 0.408 e. The molecule has 1 aromatic carbocycles. The molecule has 1 spiro atoms. The molecule has 3 rings (SSSR count). The van der Waals surface area contributed by atoms with Gasteiger partial charge in [0.1, 0.15) is 23.3 Å². The first-order valence-electron chi connectivity index (χ1n) is 19.4. The zero-order valence-corrected chi connectivity index (χ0v) is 33.0. The summed E-state index contributed by atoms with van der Waals surface area (Å²) in [6.07, 6.45) is 7.11. The summed E-state index contributed by atoms with van der Waals surface area (Å²) in [6.45, 7) is 16.8. The normalized spacial score (nSPS) is 19.1. The zero-order valence-electron chi connectivity index (χ0n) is 33.0. The molecule has 2 fully saturated rings. The number of nitrogens with zero attached hydrogens (tertiary/aromatic N) is 1. The number of ether oxygens (including phenoxy) is 4. The summed E-state index contributed by atoms with van der Waals surface area (Å²) in [5, 5.41) is 8.66. The van der Waals surface area contributed by atoms with E-state index in [1.165, 1.54) is 0 Å². The Morgan fingerprint density at radius 3 is 2.13 bits per heavy atom. The van der Waals surface area contributed by atoms with Crippen molar-refractivity contribution in [1.82, 2.24) is 20.9 Å². The highest BCUT2D eigenvalue weighted by Crippen LogP contribution is 2.39. The van der Waals surface area contributed by atoms with Crippen LogP contribution in [0.5, 0.6) is 0 Å². The first-order valence-corrected chi connectivity index (χ1v) is 19.4. The second-order valence-electron chi connectivity index (χ2n) is 16.3. The van der Waals surface area contributed by atoms with E-state index >= 15 is 0 Å². The third kappa shape index (κ3) is 14.2. The Morgan fingerprint density at radius 2 is 1.50 bits per heavy atom. The SMILES string of the molecule is CC[C@H](C)[C@@H](NC(=O)OC(C)(C)C)C(=O)N[C@@H](Cc1ccccc1)C(=O)N(CCCCCCNC(=O)OC(C)(C)C)[C@@H]1CCCCC12OCCCO2. The Kier molecular flexibility index (Phi) is 16.7. The first kappa shape index (κ1) is 43.0. The summed E-state index contributed by atoms with van der Waals surface area (Å²) in [5.74, 6) is -1.74. The maximum atomic E-state index is 15.0. The molecule has 52 heavy (non-hydrogen) atoms. The summed E-state index contributed by atoms with van der Waals surface area (Å²) in [6, 6.07) is 7.53. The minimum absolute atomic E-state index is 0.201. The second-order valence-corrected chi connectivity index (χ2v) is 16.3. The van der Waals surface area contributed by atoms with Gasteiger partial charge in [0.25, 0.3) is 0 Å². The smallest absolute Gasteiger partial charge is 0.408 e. The summed E-state index contributed by atoms with van der Waals surface area (Å²) < 4.78 is 23.6. The minimum atomic E-state index is -0.903. The average molecular weight is 731 g/mol. The summed E-state index contributed by atoms with van der Waals surface area (Å²) in [4.78, 5) is 55.9. The predicted molar refractivity (Wildman–Crippen MR) is 201 cm³/mol. The number of benzene rings is 1. The third-order valence-electron chi connectivity index (χ3n) is 9.46. The molecule has 2 aliphatic rings. The van der Waals surface area contributed by atoms with Gasteiger partial charge in [0.15, 0.2) is 5.79 Å². The van der Waals surface area contributed by atoms with Gasteiger partial charge in [-0.25, -0.2) is 9.59 Å². The van der Waals surface area contributed by atoms with Crippen molar-refractivity contribution >= 4 is 24.0 Å². The van der Waals surface area contributed by atoms with Crippen LogP contribution in [0.3, 0.4) is 0 Å². The van der Waals surface area contributed by atoms with Crippen molar-refractivity contribution in [2.45, 2.75) is 161 Å². The average Bonchev–Trinajstić information content (AvgIpc) is 3.07. The van der Waals surface area contributed by atoms with Crippen LogP contribution in [-0.2, 0) is 35.0 Å². The van der Waals surface area contributed by atoms with Crippen LogP contribution in [0.15, 0.2) is 30.3 Å². The van der Waals surface area contributed by atoms with E-state index in [0.29, 0.717) is 39.1 Å². The summed E-state index contributed by atoms with van der Waals surface area (Å²) in [5.41, 5.74) is -0.382. The number of alkyl carbamates (subject to hydrolysis) is 2. The van der Waals surface area contributed by atoms with Crippen molar-refractivity contribution in [2.75, 3.05) is 26.3 Å². The van der Waals surface area contributed by atoms with Crippen LogP contribution >= 0.6 is 0 Å². The van der Waals surface area contributed by atoms with Gasteiger partial charge in [-0.15, -0.1) is 0 Å². The monoisotopic (exact) mass is 730 g/mol. The molecule has 1 saturated heterocycles. The number of rotatable bonds is 16. The largest absolute Gasteiger partial charge is 0.444 e. The van der Waals surface area contributed by atoms with Gasteiger partial charge < -0.3 is 39.8 Å². The predicted octanol–water partition coefficient (Wildman–Crippen LogP) is 6.64. The van der Waals surface area contributed by atoms with Crippen molar-refractivity contribution in [3.05, 3.63) is 35.9 Å². The molecule has 294 valence electrons. The second kappa shape index (κ2) is 20.2. The highest BCUT2D eigenvalue weighted by atomic mass is 16.7. The van der Waals surface area contributed by atoms with Crippen molar-refractivity contribution < 1.29 is 38.1 Å². The molecule has 1 aliphatic heterocycles. The summed E-state index contributed by atoms with van der Waals surface area (Å²) in [7, 11) is 0. The number of amides is 4. The molecule has 1 saturated carbocycles. The number of hydrogen-bond donors (Lipinski definition) is 3. The van der Waals surface area contributed by atoms with Crippen LogP contribution in [0.25, 0.3) is 0 Å². The van der Waals surface area contributed by atoms with Gasteiger partial charge in [0.05, 0.1) is 19.3 Å². The van der Waals surface area contributed by atoms with E-state index < -0.39 is 47.2 Å². The van der Waals surface area contributed by atoms with E-state index in [1.54, 1.807) is 20.8 Å². The minimum Gasteiger partial charge on any atom is -0.444 e. The molecule has 1 aromatic rings. The lowest BCUT2D eigenvalue weighted by Gasteiger charge is -2.50. The van der Waals surface area contributed by atoms with E-state index in [9.17, 15) is 19.2 Å². The van der Waals surface area contributed by atoms with Crippen LogP contribution in [0.2, 0.25) is 0 Å². The van der Waals surface area contributed by atoms with Crippen LogP contribution in [0.1, 0.15) is 125 Å². The van der Waals surface area contributed by atoms with Gasteiger partial charge >= 0.3 is 12.2 Å². The molecule has 0 unspecified atom stereocenters. The van der Waals surface area contributed by atoms with E-state index in [2.05, 4.69) is 16.0 Å². The maximum absolute atomic E-state index is 15.0. The fourth-order valence-corrected chi connectivity index (χ4v) is 6.75. The molecule has 4 atom stereocenters. The Morgan fingerprint density at radius 1 is 0.865 bits per heavy atom. The molecular formula is C40H66N4O8. The number of hydrogen-bond acceptors (Lipinski definition) is 8. The molecule has 0 aromatic heterocycles. The highest BCUT2D eigenvalue weighted by Gasteiger charge is 2.49. The number of unbranched alkanes of at least 4 members (excludes halogenated alkanes) is 3. The van der Waals surface area contributed by atoms with Gasteiger partial charge in [-0.3, -0.25) is 9.59 Å². The fourth-order valence-electron chi connectivity index (χ4n) is 6.75. The van der Waals surface area contributed by atoms with Crippen LogP contribution in [-0.4, -0.2) is 90.3 Å². The van der Waals surface area contributed by atoms with E-state index in [1.807, 2.05) is 69.9 Å². The van der Waals surface area contributed by atoms with Gasteiger partial charge in [0.2, 0.25) is 11.8 Å². The van der Waals surface area contributed by atoms with Gasteiger partial charge in [-0.1, -0.05) is 69.9 Å². The quantitative estimate of drug-likeness (QED) is 0.161. The zero-order chi connectivity index (χ0) is 38.4.